The summed E-state index contributed by atoms with van der Waals surface area (Å²) in [4.78, 5) is 14.9. The molecule has 31 heavy (non-hydrogen) atoms. The summed E-state index contributed by atoms with van der Waals surface area (Å²) in [5, 5.41) is 7.57. The topological polar surface area (TPSA) is 50.2 Å². The van der Waals surface area contributed by atoms with Crippen LogP contribution in [0.5, 0.6) is 0 Å². The van der Waals surface area contributed by atoms with Crippen molar-refractivity contribution in [3.8, 4) is 0 Å². The van der Waals surface area contributed by atoms with Crippen molar-refractivity contribution in [2.24, 2.45) is 0 Å². The molecule has 3 aromatic rings. The average Bonchev–Trinajstić information content (AvgIpc) is 3.27. The van der Waals surface area contributed by atoms with Crippen molar-refractivity contribution in [1.29, 1.82) is 0 Å². The zero-order valence-electron chi connectivity index (χ0n) is 17.9. The van der Waals surface area contributed by atoms with Gasteiger partial charge in [-0.05, 0) is 30.4 Å². The highest BCUT2D eigenvalue weighted by Gasteiger charge is 2.22. The molecule has 1 fully saturated rings. The molecule has 5 heteroatoms. The minimum atomic E-state index is 0.0362. The second kappa shape index (κ2) is 10.7. The highest BCUT2D eigenvalue weighted by atomic mass is 16.1. The Labute approximate surface area is 184 Å². The van der Waals surface area contributed by atoms with Gasteiger partial charge in [-0.2, -0.15) is 5.10 Å². The van der Waals surface area contributed by atoms with Gasteiger partial charge in [0.2, 0.25) is 5.91 Å². The number of aryl methyl sites for hydroxylation is 1. The number of rotatable bonds is 8. The van der Waals surface area contributed by atoms with Crippen LogP contribution in [0.15, 0.2) is 79.0 Å². The van der Waals surface area contributed by atoms with Crippen LogP contribution in [0.4, 0.5) is 5.82 Å². The van der Waals surface area contributed by atoms with Crippen LogP contribution in [-0.2, 0) is 11.2 Å². The van der Waals surface area contributed by atoms with Gasteiger partial charge < -0.3 is 5.32 Å². The number of aromatic nitrogens is 2. The summed E-state index contributed by atoms with van der Waals surface area (Å²) >= 11 is 0. The molecule has 1 amide bonds. The number of anilines is 1. The quantitative estimate of drug-likeness (QED) is 0.576. The lowest BCUT2D eigenvalue weighted by molar-refractivity contribution is -0.116. The molecule has 1 saturated heterocycles. The largest absolute Gasteiger partial charge is 0.311 e. The number of nitrogens with one attached hydrogen (secondary N) is 1. The Hall–Kier alpha value is -3.18. The Balaban J connectivity index is 1.24. The van der Waals surface area contributed by atoms with Gasteiger partial charge in [-0.25, -0.2) is 4.68 Å². The van der Waals surface area contributed by atoms with Crippen LogP contribution >= 0.6 is 0 Å². The number of benzene rings is 2. The summed E-state index contributed by atoms with van der Waals surface area (Å²) in [6.07, 6.45) is 9.49. The molecular weight excluding hydrogens is 384 g/mol. The second-order valence-corrected chi connectivity index (χ2v) is 8.04. The molecule has 0 saturated carbocycles. The molecule has 4 rings (SSSR count). The third kappa shape index (κ3) is 6.15. The maximum Gasteiger partial charge on any atom is 0.225 e. The molecule has 2 heterocycles. The van der Waals surface area contributed by atoms with E-state index in [1.807, 2.05) is 35.0 Å². The molecule has 0 atom stereocenters. The van der Waals surface area contributed by atoms with Crippen molar-refractivity contribution in [2.45, 2.75) is 31.7 Å². The molecule has 0 unspecified atom stereocenters. The Bertz CT molecular complexity index is 973. The first-order chi connectivity index (χ1) is 15.3. The van der Waals surface area contributed by atoms with E-state index in [1.165, 1.54) is 11.1 Å². The molecule has 5 nitrogen and oxygen atoms in total. The van der Waals surface area contributed by atoms with E-state index in [1.54, 1.807) is 6.20 Å². The number of hydrogen-bond donors (Lipinski definition) is 1. The number of carbonyl (C=O) groups excluding carboxylic acids is 1. The van der Waals surface area contributed by atoms with Gasteiger partial charge in [-0.15, -0.1) is 0 Å². The standard InChI is InChI=1S/C26H30N4O/c31-26(14-13-23-10-5-2-6-11-23)28-25-15-18-27-30(25)24-16-20-29(21-17-24)19-7-12-22-8-3-1-4-9-22/h1-12,15,18,24H,13-14,16-17,19-21H2,(H,28,31)/b12-7+. The molecule has 0 bridgehead atoms. The SMILES string of the molecule is O=C(CCc1ccccc1)Nc1ccnn1C1CCN(C/C=C/c2ccccc2)CC1. The lowest BCUT2D eigenvalue weighted by Gasteiger charge is -2.32. The minimum absolute atomic E-state index is 0.0362. The summed E-state index contributed by atoms with van der Waals surface area (Å²) < 4.78 is 2.00. The lowest BCUT2D eigenvalue weighted by atomic mass is 10.1. The summed E-state index contributed by atoms with van der Waals surface area (Å²) in [5.41, 5.74) is 2.42. The fourth-order valence-corrected chi connectivity index (χ4v) is 4.06. The molecule has 0 radical (unpaired) electrons. The fourth-order valence-electron chi connectivity index (χ4n) is 4.06. The van der Waals surface area contributed by atoms with Gasteiger partial charge in [0.1, 0.15) is 5.82 Å². The molecule has 0 aliphatic carbocycles. The van der Waals surface area contributed by atoms with E-state index < -0.39 is 0 Å². The Morgan fingerprint density at radius 3 is 2.45 bits per heavy atom. The van der Waals surface area contributed by atoms with Gasteiger partial charge >= 0.3 is 0 Å². The third-order valence-corrected chi connectivity index (χ3v) is 5.80. The minimum Gasteiger partial charge on any atom is -0.311 e. The van der Waals surface area contributed by atoms with E-state index >= 15 is 0 Å². The average molecular weight is 415 g/mol. The van der Waals surface area contributed by atoms with E-state index in [0.717, 1.165) is 44.7 Å². The number of amides is 1. The van der Waals surface area contributed by atoms with E-state index in [2.05, 4.69) is 63.9 Å². The van der Waals surface area contributed by atoms with Crippen molar-refractivity contribution < 1.29 is 4.79 Å². The van der Waals surface area contributed by atoms with E-state index in [4.69, 9.17) is 0 Å². The van der Waals surface area contributed by atoms with E-state index in [9.17, 15) is 4.79 Å². The summed E-state index contributed by atoms with van der Waals surface area (Å²) in [5.74, 6) is 0.842. The lowest BCUT2D eigenvalue weighted by Crippen LogP contribution is -2.35. The smallest absolute Gasteiger partial charge is 0.225 e. The number of hydrogen-bond acceptors (Lipinski definition) is 3. The van der Waals surface area contributed by atoms with Gasteiger partial charge in [0.05, 0.1) is 12.2 Å². The van der Waals surface area contributed by atoms with Crippen LogP contribution in [0.3, 0.4) is 0 Å². The van der Waals surface area contributed by atoms with Gasteiger partial charge in [-0.1, -0.05) is 72.8 Å². The normalized spacial score (nSPS) is 15.4. The highest BCUT2D eigenvalue weighted by molar-refractivity contribution is 5.89. The van der Waals surface area contributed by atoms with Gasteiger partial charge in [0.25, 0.3) is 0 Å². The van der Waals surface area contributed by atoms with Crippen LogP contribution in [0.2, 0.25) is 0 Å². The second-order valence-electron chi connectivity index (χ2n) is 8.04. The van der Waals surface area contributed by atoms with Crippen LogP contribution in [0.1, 0.15) is 36.4 Å². The van der Waals surface area contributed by atoms with Crippen molar-refractivity contribution in [1.82, 2.24) is 14.7 Å². The maximum absolute atomic E-state index is 12.4. The monoisotopic (exact) mass is 414 g/mol. The zero-order valence-corrected chi connectivity index (χ0v) is 17.9. The van der Waals surface area contributed by atoms with E-state index in [0.29, 0.717) is 12.5 Å². The number of carbonyl (C=O) groups is 1. The highest BCUT2D eigenvalue weighted by Crippen LogP contribution is 2.25. The fraction of sp³-hybridized carbons (Fsp3) is 0.308. The van der Waals surface area contributed by atoms with Crippen LogP contribution in [0.25, 0.3) is 6.08 Å². The summed E-state index contributed by atoms with van der Waals surface area (Å²) in [6.45, 7) is 3.03. The summed E-state index contributed by atoms with van der Waals surface area (Å²) in [6, 6.07) is 22.7. The number of nitrogens with zero attached hydrogens (tertiary/aromatic N) is 3. The molecule has 0 spiro atoms. The number of likely N-dealkylation sites (tertiary alicyclic amines) is 1. The van der Waals surface area contributed by atoms with Crippen LogP contribution < -0.4 is 5.32 Å². The molecule has 2 aromatic carbocycles. The molecule has 1 aliphatic rings. The predicted molar refractivity (Wildman–Crippen MR) is 126 cm³/mol. The van der Waals surface area contributed by atoms with Crippen molar-refractivity contribution in [3.05, 3.63) is 90.1 Å². The summed E-state index contributed by atoms with van der Waals surface area (Å²) in [7, 11) is 0. The molecule has 1 aliphatic heterocycles. The van der Waals surface area contributed by atoms with Crippen LogP contribution in [0, 0.1) is 0 Å². The maximum atomic E-state index is 12.4. The number of piperidine rings is 1. The Kier molecular flexibility index (Phi) is 7.29. The van der Waals surface area contributed by atoms with Gasteiger partial charge in [0.15, 0.2) is 0 Å². The first kappa shape index (κ1) is 21.1. The Morgan fingerprint density at radius 1 is 1.00 bits per heavy atom. The molecule has 160 valence electrons. The molecule has 1 N–H and O–H groups in total. The van der Waals surface area contributed by atoms with Crippen molar-refractivity contribution >= 4 is 17.8 Å². The van der Waals surface area contributed by atoms with Crippen molar-refractivity contribution in [2.75, 3.05) is 25.0 Å². The zero-order chi connectivity index (χ0) is 21.3. The molecular formula is C26H30N4O. The van der Waals surface area contributed by atoms with Gasteiger partial charge in [0, 0.05) is 32.1 Å². The first-order valence-electron chi connectivity index (χ1n) is 11.1. The van der Waals surface area contributed by atoms with E-state index in [-0.39, 0.29) is 5.91 Å². The first-order valence-corrected chi connectivity index (χ1v) is 11.1. The van der Waals surface area contributed by atoms with Crippen LogP contribution in [-0.4, -0.2) is 40.2 Å². The molecule has 1 aromatic heterocycles. The predicted octanol–water partition coefficient (Wildman–Crippen LogP) is 4.80. The Morgan fingerprint density at radius 2 is 1.71 bits per heavy atom. The third-order valence-electron chi connectivity index (χ3n) is 5.80. The van der Waals surface area contributed by atoms with Crippen molar-refractivity contribution in [3.63, 3.8) is 0 Å². The van der Waals surface area contributed by atoms with Gasteiger partial charge in [-0.3, -0.25) is 9.69 Å².